The molecule has 0 unspecified atom stereocenters. The van der Waals surface area contributed by atoms with Gasteiger partial charge in [-0.1, -0.05) is 24.3 Å². The van der Waals surface area contributed by atoms with Gasteiger partial charge >= 0.3 is 0 Å². The summed E-state index contributed by atoms with van der Waals surface area (Å²) in [5, 5.41) is 0. The van der Waals surface area contributed by atoms with Crippen molar-refractivity contribution in [3.63, 3.8) is 0 Å². The van der Waals surface area contributed by atoms with Crippen molar-refractivity contribution in [3.05, 3.63) is 65.0 Å². The van der Waals surface area contributed by atoms with E-state index in [4.69, 9.17) is 5.73 Å². The van der Waals surface area contributed by atoms with E-state index in [9.17, 15) is 9.18 Å². The van der Waals surface area contributed by atoms with E-state index in [0.717, 1.165) is 11.1 Å². The zero-order valence-corrected chi connectivity index (χ0v) is 10.3. The molecule has 1 heterocycles. The summed E-state index contributed by atoms with van der Waals surface area (Å²) in [4.78, 5) is 14.1. The lowest BCUT2D eigenvalue weighted by Gasteiger charge is -2.15. The van der Waals surface area contributed by atoms with Gasteiger partial charge in [-0.25, -0.2) is 4.39 Å². The van der Waals surface area contributed by atoms with E-state index in [-0.39, 0.29) is 11.6 Å². The van der Waals surface area contributed by atoms with Gasteiger partial charge in [0.1, 0.15) is 5.82 Å². The van der Waals surface area contributed by atoms with Crippen molar-refractivity contribution >= 4 is 11.6 Å². The van der Waals surface area contributed by atoms with Crippen LogP contribution in [0.3, 0.4) is 0 Å². The largest absolute Gasteiger partial charge is 0.396 e. The first-order valence-electron chi connectivity index (χ1n) is 6.06. The minimum Gasteiger partial charge on any atom is -0.396 e. The molecular weight excluding hydrogens is 243 g/mol. The summed E-state index contributed by atoms with van der Waals surface area (Å²) >= 11 is 0. The molecule has 0 aliphatic carbocycles. The second-order valence-electron chi connectivity index (χ2n) is 4.67. The molecule has 0 fully saturated rings. The van der Waals surface area contributed by atoms with E-state index in [1.54, 1.807) is 4.90 Å². The van der Waals surface area contributed by atoms with Crippen LogP contribution in [0.15, 0.2) is 42.5 Å². The lowest BCUT2D eigenvalue weighted by molar-refractivity contribution is 0.0751. The number of nitrogens with zero attached hydrogens (tertiary/aromatic N) is 1. The number of carbonyl (C=O) groups is 1. The Bertz CT molecular complexity index is 629. The lowest BCUT2D eigenvalue weighted by atomic mass is 10.1. The van der Waals surface area contributed by atoms with Gasteiger partial charge < -0.3 is 10.6 Å². The molecule has 96 valence electrons. The number of amides is 1. The van der Waals surface area contributed by atoms with Crippen LogP contribution in [0.2, 0.25) is 0 Å². The maximum Gasteiger partial charge on any atom is 0.254 e. The Kier molecular flexibility index (Phi) is 2.71. The first-order valence-corrected chi connectivity index (χ1v) is 6.06. The van der Waals surface area contributed by atoms with Crippen LogP contribution in [0, 0.1) is 5.82 Å². The summed E-state index contributed by atoms with van der Waals surface area (Å²) in [5.74, 6) is -0.621. The number of benzene rings is 2. The van der Waals surface area contributed by atoms with E-state index >= 15 is 0 Å². The second-order valence-corrected chi connectivity index (χ2v) is 4.67. The fraction of sp³-hybridized carbons (Fsp3) is 0.133. The quantitative estimate of drug-likeness (QED) is 0.797. The number of hydrogen-bond donors (Lipinski definition) is 1. The number of fused-ring (bicyclic) bond motifs is 1. The monoisotopic (exact) mass is 256 g/mol. The first kappa shape index (κ1) is 11.7. The van der Waals surface area contributed by atoms with E-state index in [0.29, 0.717) is 18.7 Å². The van der Waals surface area contributed by atoms with Crippen molar-refractivity contribution in [2.75, 3.05) is 5.73 Å². The van der Waals surface area contributed by atoms with Gasteiger partial charge in [0.15, 0.2) is 0 Å². The average Bonchev–Trinajstić information content (AvgIpc) is 2.85. The third kappa shape index (κ3) is 2.05. The minimum absolute atomic E-state index is 0.00237. The van der Waals surface area contributed by atoms with Crippen molar-refractivity contribution in [1.29, 1.82) is 0 Å². The summed E-state index contributed by atoms with van der Waals surface area (Å²) in [7, 11) is 0. The van der Waals surface area contributed by atoms with E-state index in [1.165, 1.54) is 18.2 Å². The zero-order valence-electron chi connectivity index (χ0n) is 10.3. The molecule has 3 nitrogen and oxygen atoms in total. The van der Waals surface area contributed by atoms with Crippen LogP contribution in [-0.2, 0) is 13.1 Å². The SMILES string of the molecule is Nc1cc(C(=O)N2Cc3ccccc3C2)ccc1F. The van der Waals surface area contributed by atoms with E-state index < -0.39 is 5.82 Å². The Balaban J connectivity index is 1.85. The maximum atomic E-state index is 13.1. The molecule has 0 atom stereocenters. The molecule has 0 aromatic heterocycles. The average molecular weight is 256 g/mol. The van der Waals surface area contributed by atoms with Gasteiger partial charge in [-0.3, -0.25) is 4.79 Å². The minimum atomic E-state index is -0.499. The fourth-order valence-corrected chi connectivity index (χ4v) is 2.34. The molecule has 3 rings (SSSR count). The number of hydrogen-bond acceptors (Lipinski definition) is 2. The number of nitrogens with two attached hydrogens (primary N) is 1. The van der Waals surface area contributed by atoms with Gasteiger partial charge in [-0.15, -0.1) is 0 Å². The number of carbonyl (C=O) groups excluding carboxylic acids is 1. The highest BCUT2D eigenvalue weighted by atomic mass is 19.1. The third-order valence-corrected chi connectivity index (χ3v) is 3.37. The molecule has 2 N–H and O–H groups in total. The third-order valence-electron chi connectivity index (χ3n) is 3.37. The molecular formula is C15H13FN2O. The normalized spacial score (nSPS) is 13.4. The van der Waals surface area contributed by atoms with Crippen LogP contribution in [0.5, 0.6) is 0 Å². The predicted octanol–water partition coefficient (Wildman–Crippen LogP) is 2.56. The standard InChI is InChI=1S/C15H13FN2O/c16-13-6-5-10(7-14(13)17)15(19)18-8-11-3-1-2-4-12(11)9-18/h1-7H,8-9,17H2. The van der Waals surface area contributed by atoms with Crippen molar-refractivity contribution < 1.29 is 9.18 Å². The van der Waals surface area contributed by atoms with E-state index in [2.05, 4.69) is 0 Å². The van der Waals surface area contributed by atoms with Gasteiger partial charge in [0.2, 0.25) is 0 Å². The van der Waals surface area contributed by atoms with Gasteiger partial charge in [-0.2, -0.15) is 0 Å². The summed E-state index contributed by atoms with van der Waals surface area (Å²) in [6.07, 6.45) is 0. The summed E-state index contributed by atoms with van der Waals surface area (Å²) in [5.41, 5.74) is 8.24. The van der Waals surface area contributed by atoms with Gasteiger partial charge in [0.25, 0.3) is 5.91 Å². The molecule has 4 heteroatoms. The number of anilines is 1. The number of halogens is 1. The van der Waals surface area contributed by atoms with Gasteiger partial charge in [0, 0.05) is 18.7 Å². The van der Waals surface area contributed by atoms with Gasteiger partial charge in [-0.05, 0) is 29.3 Å². The van der Waals surface area contributed by atoms with E-state index in [1.807, 2.05) is 24.3 Å². The molecule has 0 saturated heterocycles. The Hall–Kier alpha value is -2.36. The van der Waals surface area contributed by atoms with Crippen LogP contribution >= 0.6 is 0 Å². The Morgan fingerprint density at radius 1 is 1.11 bits per heavy atom. The number of rotatable bonds is 1. The lowest BCUT2D eigenvalue weighted by Crippen LogP contribution is -2.25. The molecule has 0 bridgehead atoms. The molecule has 0 spiro atoms. The zero-order chi connectivity index (χ0) is 13.4. The fourth-order valence-electron chi connectivity index (χ4n) is 2.34. The molecule has 0 saturated carbocycles. The molecule has 1 aliphatic heterocycles. The van der Waals surface area contributed by atoms with Crippen LogP contribution in [0.4, 0.5) is 10.1 Å². The van der Waals surface area contributed by atoms with Crippen LogP contribution < -0.4 is 5.73 Å². The van der Waals surface area contributed by atoms with Crippen LogP contribution in [0.25, 0.3) is 0 Å². The first-order chi connectivity index (χ1) is 9.15. The van der Waals surface area contributed by atoms with Crippen LogP contribution in [0.1, 0.15) is 21.5 Å². The summed E-state index contributed by atoms with van der Waals surface area (Å²) in [6, 6.07) is 12.0. The maximum absolute atomic E-state index is 13.1. The van der Waals surface area contributed by atoms with Crippen molar-refractivity contribution in [1.82, 2.24) is 4.90 Å². The van der Waals surface area contributed by atoms with Crippen molar-refractivity contribution in [2.24, 2.45) is 0 Å². The highest BCUT2D eigenvalue weighted by molar-refractivity contribution is 5.95. The summed E-state index contributed by atoms with van der Waals surface area (Å²) in [6.45, 7) is 1.18. The van der Waals surface area contributed by atoms with Crippen LogP contribution in [-0.4, -0.2) is 10.8 Å². The number of nitrogen functional groups attached to an aromatic ring is 1. The highest BCUT2D eigenvalue weighted by Crippen LogP contribution is 2.24. The smallest absolute Gasteiger partial charge is 0.254 e. The molecule has 2 aromatic carbocycles. The molecule has 1 aliphatic rings. The predicted molar refractivity (Wildman–Crippen MR) is 70.8 cm³/mol. The second kappa shape index (κ2) is 4.39. The molecule has 1 amide bonds. The Morgan fingerprint density at radius 2 is 1.74 bits per heavy atom. The molecule has 19 heavy (non-hydrogen) atoms. The van der Waals surface area contributed by atoms with Gasteiger partial charge in [0.05, 0.1) is 5.69 Å². The van der Waals surface area contributed by atoms with Crippen molar-refractivity contribution in [3.8, 4) is 0 Å². The van der Waals surface area contributed by atoms with Crippen molar-refractivity contribution in [2.45, 2.75) is 13.1 Å². The molecule has 2 aromatic rings. The molecule has 0 radical (unpaired) electrons. The highest BCUT2D eigenvalue weighted by Gasteiger charge is 2.24. The summed E-state index contributed by atoms with van der Waals surface area (Å²) < 4.78 is 13.1. The topological polar surface area (TPSA) is 46.3 Å². The Labute approximate surface area is 110 Å². The Morgan fingerprint density at radius 3 is 2.32 bits per heavy atom.